The molecule has 1 heterocycles. The van der Waals surface area contributed by atoms with Gasteiger partial charge in [0.2, 0.25) is 0 Å². The predicted molar refractivity (Wildman–Crippen MR) is 234 cm³/mol. The number of rotatable bonds is 16. The maximum Gasteiger partial charge on any atom is 0.333 e. The Bertz CT molecular complexity index is 1640. The molecule has 4 N–H and O–H groups in total. The first-order valence-corrected chi connectivity index (χ1v) is 22.6. The molecule has 0 saturated heterocycles. The summed E-state index contributed by atoms with van der Waals surface area (Å²) < 4.78 is 65.0. The van der Waals surface area contributed by atoms with Gasteiger partial charge in [-0.2, -0.15) is 26.3 Å². The number of halogens is 3. The van der Waals surface area contributed by atoms with Crippen molar-refractivity contribution in [3.8, 4) is 11.1 Å². The number of aromatic nitrogens is 1. The molecule has 0 bridgehead atoms. The van der Waals surface area contributed by atoms with Gasteiger partial charge in [0.1, 0.15) is 0 Å². The smallest absolute Gasteiger partial charge is 0.310 e. The third-order valence-electron chi connectivity index (χ3n) is 10.1. The fourth-order valence-electron chi connectivity index (χ4n) is 7.05. The molecule has 316 valence electrons. The van der Waals surface area contributed by atoms with Gasteiger partial charge in [0.25, 0.3) is 0 Å². The van der Waals surface area contributed by atoms with E-state index in [0.29, 0.717) is 0 Å². The van der Waals surface area contributed by atoms with E-state index in [9.17, 15) is 16.8 Å². The molecule has 1 aromatic heterocycles. The molecule has 2 aromatic carbocycles. The predicted octanol–water partition coefficient (Wildman–Crippen LogP) is 7.85. The van der Waals surface area contributed by atoms with Crippen molar-refractivity contribution in [1.82, 2.24) is 23.9 Å². The highest BCUT2D eigenvalue weighted by molar-refractivity contribution is 7.84. The second-order valence-electron chi connectivity index (χ2n) is 13.8. The van der Waals surface area contributed by atoms with Gasteiger partial charge >= 0.3 is 20.6 Å². The molecule has 0 unspecified atom stereocenters. The highest BCUT2D eigenvalue weighted by atomic mass is 35.5. The second kappa shape index (κ2) is 26.3. The molecular formula is C38H65Cl3N6O6S2. The van der Waals surface area contributed by atoms with E-state index in [-0.39, 0.29) is 36.9 Å². The summed E-state index contributed by atoms with van der Waals surface area (Å²) in [6, 6.07) is 16.8. The van der Waals surface area contributed by atoms with E-state index >= 15 is 0 Å². The van der Waals surface area contributed by atoms with Crippen LogP contribution in [0, 0.1) is 0 Å². The van der Waals surface area contributed by atoms with Crippen LogP contribution < -0.4 is 14.5 Å². The maximum absolute atomic E-state index is 10.3. The number of fused-ring (bicyclic) bond motifs is 1. The highest BCUT2D eigenvalue weighted by Gasteiger charge is 2.19. The average Bonchev–Trinajstić information content (AvgIpc) is 3.50. The highest BCUT2D eigenvalue weighted by Crippen LogP contribution is 2.32. The van der Waals surface area contributed by atoms with Gasteiger partial charge in [-0.05, 0) is 75.6 Å². The topological polar surface area (TPSA) is 147 Å². The van der Waals surface area contributed by atoms with Crippen LogP contribution >= 0.6 is 36.4 Å². The van der Waals surface area contributed by atoms with Crippen LogP contribution in [0.3, 0.4) is 0 Å². The van der Waals surface area contributed by atoms with Gasteiger partial charge in [-0.15, -0.1) is 24.8 Å². The minimum atomic E-state index is -3.97. The quantitative estimate of drug-likeness (QED) is 0.106. The minimum Gasteiger partial charge on any atom is -0.310 e. The molecule has 55 heavy (non-hydrogen) atoms. The third kappa shape index (κ3) is 19.1. The number of benzene rings is 2. The van der Waals surface area contributed by atoms with Crippen molar-refractivity contribution in [3.63, 3.8) is 0 Å². The van der Waals surface area contributed by atoms with Crippen LogP contribution in [0.15, 0.2) is 54.7 Å². The molecule has 2 fully saturated rings. The summed E-state index contributed by atoms with van der Waals surface area (Å²) in [5, 5.41) is 4.48. The lowest BCUT2D eigenvalue weighted by atomic mass is 9.96. The van der Waals surface area contributed by atoms with Crippen molar-refractivity contribution in [2.45, 2.75) is 104 Å². The summed E-state index contributed by atoms with van der Waals surface area (Å²) in [4.78, 5) is 4.98. The molecular weight excluding hydrogens is 807 g/mol. The number of hydrogen-bond donors (Lipinski definition) is 4. The summed E-state index contributed by atoms with van der Waals surface area (Å²) in [5.41, 5.74) is 3.66. The molecule has 0 aliphatic heterocycles. The lowest BCUT2D eigenvalue weighted by Gasteiger charge is -2.31. The summed E-state index contributed by atoms with van der Waals surface area (Å²) in [6.45, 7) is 17.4. The van der Waals surface area contributed by atoms with Crippen molar-refractivity contribution in [2.24, 2.45) is 0 Å². The zero-order valence-corrected chi connectivity index (χ0v) is 36.9. The molecule has 2 aliphatic rings. The molecule has 0 radical (unpaired) electrons. The van der Waals surface area contributed by atoms with E-state index in [1.165, 1.54) is 34.9 Å². The van der Waals surface area contributed by atoms with Gasteiger partial charge < -0.3 is 14.8 Å². The zero-order chi connectivity index (χ0) is 38.9. The van der Waals surface area contributed by atoms with Gasteiger partial charge in [-0.25, -0.2) is 0 Å². The van der Waals surface area contributed by atoms with Crippen molar-refractivity contribution < 1.29 is 25.9 Å². The first kappa shape index (κ1) is 51.3. The first-order chi connectivity index (χ1) is 25.3. The summed E-state index contributed by atoms with van der Waals surface area (Å²) in [5.74, 6) is 0. The zero-order valence-electron chi connectivity index (χ0n) is 32.9. The Labute approximate surface area is 348 Å². The van der Waals surface area contributed by atoms with E-state index < -0.39 is 20.6 Å². The van der Waals surface area contributed by atoms with Crippen molar-refractivity contribution in [1.29, 1.82) is 0 Å². The van der Waals surface area contributed by atoms with E-state index in [1.807, 2.05) is 6.07 Å². The lowest BCUT2D eigenvalue weighted by molar-refractivity contribution is 0.282. The van der Waals surface area contributed by atoms with Crippen LogP contribution in [-0.2, 0) is 20.6 Å². The van der Waals surface area contributed by atoms with Gasteiger partial charge in [-0.1, -0.05) is 108 Å². The van der Waals surface area contributed by atoms with Crippen LogP contribution in [0.2, 0.25) is 5.02 Å². The Morgan fingerprint density at radius 1 is 0.673 bits per heavy atom. The van der Waals surface area contributed by atoms with E-state index in [4.69, 9.17) is 20.7 Å². The summed E-state index contributed by atoms with van der Waals surface area (Å²) >= 11 is 6.41. The Morgan fingerprint density at radius 3 is 1.51 bits per heavy atom. The van der Waals surface area contributed by atoms with Crippen LogP contribution in [0.25, 0.3) is 22.0 Å². The molecule has 0 amide bonds. The molecule has 2 saturated carbocycles. The minimum absolute atomic E-state index is 0. The summed E-state index contributed by atoms with van der Waals surface area (Å²) in [6.07, 6.45) is 12.2. The van der Waals surface area contributed by atoms with E-state index in [0.717, 1.165) is 109 Å². The maximum atomic E-state index is 10.3. The van der Waals surface area contributed by atoms with Crippen molar-refractivity contribution in [3.05, 3.63) is 59.8 Å². The largest absolute Gasteiger partial charge is 0.333 e. The first-order valence-electron chi connectivity index (χ1n) is 19.3. The molecule has 17 heteroatoms. The van der Waals surface area contributed by atoms with Gasteiger partial charge in [0.15, 0.2) is 0 Å². The van der Waals surface area contributed by atoms with Crippen molar-refractivity contribution >= 4 is 67.9 Å². The van der Waals surface area contributed by atoms with E-state index in [1.54, 1.807) is 0 Å². The number of likely N-dealkylation sites (N-methyl/N-ethyl adjacent to an activating group) is 2. The van der Waals surface area contributed by atoms with Crippen LogP contribution in [0.4, 0.5) is 0 Å². The monoisotopic (exact) mass is 870 g/mol. The Hall–Kier alpha value is -1.69. The third-order valence-corrected chi connectivity index (χ3v) is 11.6. The van der Waals surface area contributed by atoms with Gasteiger partial charge in [-0.3, -0.25) is 13.8 Å². The van der Waals surface area contributed by atoms with Gasteiger partial charge in [0, 0.05) is 60.4 Å². The second-order valence-corrected chi connectivity index (χ2v) is 16.6. The normalized spacial score (nSPS) is 15.4. The standard InChI is InChI=1S/C26H37ClN4.2C6H13NO3S.2ClH/c1-5-28(6-2)16-18-30(19-17-29(7-3)8-4)31-21-25(22-12-10-9-11-13-22)24-20-23(27)14-15-26(24)31;2*8-11(9,10)7-6-4-2-1-3-5-6;;/h9-15,20-21H,5-8,16-19H2,1-4H3;2*6-7H,1-5H2,(H,8,9,10);2*1H. The molecule has 5 rings (SSSR count). The molecule has 0 spiro atoms. The number of nitrogens with one attached hydrogen (secondary N) is 2. The molecule has 2 aliphatic carbocycles. The van der Waals surface area contributed by atoms with Crippen LogP contribution in [0.1, 0.15) is 91.9 Å². The molecule has 0 atom stereocenters. The lowest BCUT2D eigenvalue weighted by Crippen LogP contribution is -2.45. The average molecular weight is 872 g/mol. The van der Waals surface area contributed by atoms with Crippen LogP contribution in [-0.4, -0.2) is 105 Å². The Morgan fingerprint density at radius 2 is 1.11 bits per heavy atom. The summed E-state index contributed by atoms with van der Waals surface area (Å²) in [7, 11) is -7.95. The van der Waals surface area contributed by atoms with Crippen LogP contribution in [0.5, 0.6) is 0 Å². The number of nitrogens with zero attached hydrogens (tertiary/aromatic N) is 4. The Kier molecular flexibility index (Phi) is 24.6. The Balaban J connectivity index is 0.000000516. The molecule has 12 nitrogen and oxygen atoms in total. The van der Waals surface area contributed by atoms with E-state index in [2.05, 4.69) is 105 Å². The number of hydrogen-bond acceptors (Lipinski definition) is 7. The van der Waals surface area contributed by atoms with Gasteiger partial charge in [0.05, 0.1) is 5.52 Å². The van der Waals surface area contributed by atoms with Crippen molar-refractivity contribution in [2.75, 3.05) is 57.4 Å². The molecule has 3 aromatic rings. The SMILES string of the molecule is CCN(CC)CCN(CCN(CC)CC)n1cc(-c2ccccc2)c2cc(Cl)ccc21.Cl.Cl.O=S(=O)(O)NC1CCCCC1.O=S(=O)(O)NC1CCCCC1. The fraction of sp³-hybridized carbons (Fsp3) is 0.632. The fourth-order valence-corrected chi connectivity index (χ4v) is 8.54.